The predicted octanol–water partition coefficient (Wildman–Crippen LogP) is 3.06. The van der Waals surface area contributed by atoms with Crippen LogP contribution in [-0.2, 0) is 10.9 Å². The van der Waals surface area contributed by atoms with Gasteiger partial charge in [-0.15, -0.1) is 0 Å². The first-order chi connectivity index (χ1) is 9.75. The third kappa shape index (κ3) is 5.65. The van der Waals surface area contributed by atoms with Gasteiger partial charge in [0, 0.05) is 32.3 Å². The van der Waals surface area contributed by atoms with Crippen LogP contribution in [0.25, 0.3) is 0 Å². The number of rotatable bonds is 7. The molecular weight excluding hydrogens is 281 g/mol. The third-order valence-electron chi connectivity index (χ3n) is 3.41. The van der Waals surface area contributed by atoms with Gasteiger partial charge in [-0.1, -0.05) is 12.1 Å². The van der Waals surface area contributed by atoms with Gasteiger partial charge in [0.05, 0.1) is 12.2 Å². The Morgan fingerprint density at radius 3 is 2.19 bits per heavy atom. The summed E-state index contributed by atoms with van der Waals surface area (Å²) in [6.45, 7) is 6.01. The second-order valence-electron chi connectivity index (χ2n) is 5.31. The van der Waals surface area contributed by atoms with Gasteiger partial charge in [0.1, 0.15) is 0 Å². The minimum atomic E-state index is -4.31. The van der Waals surface area contributed by atoms with Crippen LogP contribution in [0.4, 0.5) is 13.2 Å². The molecule has 0 saturated heterocycles. The van der Waals surface area contributed by atoms with Crippen LogP contribution < -0.4 is 5.73 Å². The van der Waals surface area contributed by atoms with Crippen molar-refractivity contribution >= 4 is 0 Å². The summed E-state index contributed by atoms with van der Waals surface area (Å²) in [5.41, 5.74) is 6.15. The molecule has 0 bridgehead atoms. The van der Waals surface area contributed by atoms with Crippen molar-refractivity contribution in [3.63, 3.8) is 0 Å². The van der Waals surface area contributed by atoms with Gasteiger partial charge in [-0.3, -0.25) is 4.90 Å². The summed E-state index contributed by atoms with van der Waals surface area (Å²) < 4.78 is 42.6. The van der Waals surface area contributed by atoms with Crippen LogP contribution in [0.1, 0.15) is 31.0 Å². The number of hydrogen-bond donors (Lipinski definition) is 1. The highest BCUT2D eigenvalue weighted by atomic mass is 19.4. The fraction of sp³-hybridized carbons (Fsp3) is 0.600. The summed E-state index contributed by atoms with van der Waals surface area (Å²) in [5, 5.41) is 0. The molecule has 1 aromatic carbocycles. The van der Waals surface area contributed by atoms with E-state index in [0.29, 0.717) is 24.8 Å². The molecule has 0 heterocycles. The van der Waals surface area contributed by atoms with Gasteiger partial charge in [0.25, 0.3) is 0 Å². The topological polar surface area (TPSA) is 38.5 Å². The molecule has 21 heavy (non-hydrogen) atoms. The molecule has 0 aromatic heterocycles. The van der Waals surface area contributed by atoms with Crippen LogP contribution in [0.5, 0.6) is 0 Å². The highest BCUT2D eigenvalue weighted by Gasteiger charge is 2.30. The van der Waals surface area contributed by atoms with Crippen molar-refractivity contribution in [3.05, 3.63) is 35.4 Å². The van der Waals surface area contributed by atoms with Crippen LogP contribution in [-0.4, -0.2) is 37.7 Å². The molecule has 3 nitrogen and oxygen atoms in total. The van der Waals surface area contributed by atoms with E-state index in [4.69, 9.17) is 10.5 Å². The zero-order chi connectivity index (χ0) is 16.0. The Bertz CT molecular complexity index is 418. The van der Waals surface area contributed by atoms with E-state index in [0.717, 1.165) is 18.7 Å². The van der Waals surface area contributed by atoms with Gasteiger partial charge in [-0.2, -0.15) is 13.2 Å². The number of benzene rings is 1. The molecule has 0 aliphatic carbocycles. The monoisotopic (exact) mass is 304 g/mol. The quantitative estimate of drug-likeness (QED) is 0.841. The van der Waals surface area contributed by atoms with Crippen LogP contribution >= 0.6 is 0 Å². The Labute approximate surface area is 123 Å². The lowest BCUT2D eigenvalue weighted by Gasteiger charge is -2.29. The predicted molar refractivity (Wildman–Crippen MR) is 77.0 cm³/mol. The molecule has 0 saturated carbocycles. The fourth-order valence-corrected chi connectivity index (χ4v) is 2.05. The minimum Gasteiger partial charge on any atom is -0.383 e. The van der Waals surface area contributed by atoms with E-state index < -0.39 is 11.7 Å². The highest BCUT2D eigenvalue weighted by Crippen LogP contribution is 2.29. The minimum absolute atomic E-state index is 0.292. The lowest BCUT2D eigenvalue weighted by atomic mass is 10.0. The largest absolute Gasteiger partial charge is 0.416 e. The average Bonchev–Trinajstić information content (AvgIpc) is 2.42. The van der Waals surface area contributed by atoms with Crippen molar-refractivity contribution in [3.8, 4) is 0 Å². The van der Waals surface area contributed by atoms with Crippen LogP contribution in [0.15, 0.2) is 24.3 Å². The zero-order valence-electron chi connectivity index (χ0n) is 12.7. The van der Waals surface area contributed by atoms with E-state index in [1.165, 1.54) is 12.1 Å². The van der Waals surface area contributed by atoms with Gasteiger partial charge in [0.15, 0.2) is 0 Å². The maximum absolute atomic E-state index is 12.5. The summed E-state index contributed by atoms with van der Waals surface area (Å²) in [5.74, 6) is 0. The Morgan fingerprint density at radius 1 is 1.19 bits per heavy atom. The van der Waals surface area contributed by atoms with E-state index in [2.05, 4.69) is 18.7 Å². The van der Waals surface area contributed by atoms with Gasteiger partial charge in [-0.25, -0.2) is 0 Å². The summed E-state index contributed by atoms with van der Waals surface area (Å²) in [6, 6.07) is 5.01. The normalized spacial score (nSPS) is 14.0. The number of nitrogens with zero attached hydrogens (tertiary/aromatic N) is 1. The zero-order valence-corrected chi connectivity index (χ0v) is 12.7. The number of alkyl halides is 3. The molecule has 1 atom stereocenters. The van der Waals surface area contributed by atoms with E-state index in [9.17, 15) is 13.2 Å². The molecule has 1 unspecified atom stereocenters. The Morgan fingerprint density at radius 2 is 1.76 bits per heavy atom. The number of nitrogens with two attached hydrogens (primary N) is 1. The summed E-state index contributed by atoms with van der Waals surface area (Å²) >= 11 is 0. The molecule has 6 heteroatoms. The first kappa shape index (κ1) is 17.9. The second-order valence-corrected chi connectivity index (χ2v) is 5.31. The van der Waals surface area contributed by atoms with E-state index in [-0.39, 0.29) is 6.04 Å². The van der Waals surface area contributed by atoms with Crippen molar-refractivity contribution in [2.24, 2.45) is 5.73 Å². The highest BCUT2D eigenvalue weighted by molar-refractivity contribution is 5.26. The lowest BCUT2D eigenvalue weighted by Crippen LogP contribution is -2.39. The molecule has 0 spiro atoms. The molecular formula is C15H23F3N2O. The van der Waals surface area contributed by atoms with E-state index >= 15 is 0 Å². The van der Waals surface area contributed by atoms with Crippen LogP contribution in [0.2, 0.25) is 0 Å². The Kier molecular flexibility index (Phi) is 6.64. The number of hydrogen-bond acceptors (Lipinski definition) is 3. The summed E-state index contributed by atoms with van der Waals surface area (Å²) in [6.07, 6.45) is -4.31. The Hall–Kier alpha value is -1.11. The molecule has 0 amide bonds. The van der Waals surface area contributed by atoms with E-state index in [1.54, 1.807) is 7.11 Å². The van der Waals surface area contributed by atoms with Crippen molar-refractivity contribution in [2.45, 2.75) is 32.1 Å². The van der Waals surface area contributed by atoms with Gasteiger partial charge < -0.3 is 10.5 Å². The Balaban J connectivity index is 2.71. The van der Waals surface area contributed by atoms with Crippen LogP contribution in [0, 0.1) is 0 Å². The van der Waals surface area contributed by atoms with E-state index in [1.807, 2.05) is 0 Å². The maximum Gasteiger partial charge on any atom is 0.416 e. The lowest BCUT2D eigenvalue weighted by molar-refractivity contribution is -0.137. The molecule has 1 aromatic rings. The molecule has 1 rings (SSSR count). The van der Waals surface area contributed by atoms with Gasteiger partial charge >= 0.3 is 6.18 Å². The molecule has 0 fully saturated rings. The van der Waals surface area contributed by atoms with Crippen molar-refractivity contribution in [2.75, 3.05) is 26.8 Å². The molecule has 0 radical (unpaired) electrons. The fourth-order valence-electron chi connectivity index (χ4n) is 2.05. The molecule has 120 valence electrons. The van der Waals surface area contributed by atoms with Gasteiger partial charge in [-0.05, 0) is 31.5 Å². The second kappa shape index (κ2) is 7.77. The number of ether oxygens (including phenoxy) is 1. The van der Waals surface area contributed by atoms with Crippen LogP contribution in [0.3, 0.4) is 0 Å². The SMILES string of the molecule is COCCN(CC(N)c1ccc(C(F)(F)F)cc1)C(C)C. The summed E-state index contributed by atoms with van der Waals surface area (Å²) in [4.78, 5) is 2.14. The third-order valence-corrected chi connectivity index (χ3v) is 3.41. The molecule has 0 aliphatic rings. The molecule has 2 N–H and O–H groups in total. The standard InChI is InChI=1S/C15H23F3N2O/c1-11(2)20(8-9-21-3)10-14(19)12-4-6-13(7-5-12)15(16,17)18/h4-7,11,14H,8-10,19H2,1-3H3. The summed E-state index contributed by atoms with van der Waals surface area (Å²) in [7, 11) is 1.63. The number of halogens is 3. The average molecular weight is 304 g/mol. The van der Waals surface area contributed by atoms with Crippen molar-refractivity contribution in [1.29, 1.82) is 0 Å². The first-order valence-corrected chi connectivity index (χ1v) is 6.91. The maximum atomic E-state index is 12.5. The molecule has 0 aliphatic heterocycles. The smallest absolute Gasteiger partial charge is 0.383 e. The number of methoxy groups -OCH3 is 1. The van der Waals surface area contributed by atoms with Crippen molar-refractivity contribution in [1.82, 2.24) is 4.90 Å². The van der Waals surface area contributed by atoms with Crippen molar-refractivity contribution < 1.29 is 17.9 Å². The first-order valence-electron chi connectivity index (χ1n) is 6.91. The van der Waals surface area contributed by atoms with Gasteiger partial charge in [0.2, 0.25) is 0 Å².